The molecule has 5 heteroatoms. The second-order valence-electron chi connectivity index (χ2n) is 1.85. The minimum Gasteiger partial charge on any atom is -0.311 e. The van der Waals surface area contributed by atoms with Crippen LogP contribution in [0.4, 0.5) is 0 Å². The Kier molecular flexibility index (Phi) is 3.84. The van der Waals surface area contributed by atoms with E-state index in [0.29, 0.717) is 16.8 Å². The second kappa shape index (κ2) is 4.45. The van der Waals surface area contributed by atoms with Crippen LogP contribution in [-0.2, 0) is 9.67 Å². The van der Waals surface area contributed by atoms with Crippen LogP contribution < -0.4 is 0 Å². The molecular formula is C6H4Cl2INO. The first-order valence-electron chi connectivity index (χ1n) is 2.77. The largest absolute Gasteiger partial charge is 0.311 e. The zero-order chi connectivity index (χ0) is 8.27. The molecule has 0 bridgehead atoms. The first kappa shape index (κ1) is 9.51. The van der Waals surface area contributed by atoms with Crippen molar-refractivity contribution >= 4 is 46.2 Å². The van der Waals surface area contributed by atoms with E-state index in [9.17, 15) is 0 Å². The van der Waals surface area contributed by atoms with Crippen LogP contribution in [0, 0.1) is 0 Å². The molecule has 0 aromatic carbocycles. The molecular weight excluding hydrogens is 300 g/mol. The van der Waals surface area contributed by atoms with E-state index in [-0.39, 0.29) is 0 Å². The maximum Gasteiger partial charge on any atom is 0.130 e. The Labute approximate surface area is 88.5 Å². The predicted molar refractivity (Wildman–Crippen MR) is 53.1 cm³/mol. The third-order valence-corrected chi connectivity index (χ3v) is 1.98. The van der Waals surface area contributed by atoms with Crippen molar-refractivity contribution < 1.29 is 3.07 Å². The van der Waals surface area contributed by atoms with E-state index >= 15 is 0 Å². The summed E-state index contributed by atoms with van der Waals surface area (Å²) >= 11 is 13.2. The van der Waals surface area contributed by atoms with Crippen molar-refractivity contribution in [3.8, 4) is 0 Å². The van der Waals surface area contributed by atoms with E-state index in [0.717, 1.165) is 5.56 Å². The van der Waals surface area contributed by atoms with Crippen LogP contribution in [0.15, 0.2) is 12.3 Å². The molecule has 0 saturated heterocycles. The molecule has 1 aromatic heterocycles. The molecule has 0 fully saturated rings. The van der Waals surface area contributed by atoms with E-state index in [4.69, 9.17) is 26.3 Å². The average molecular weight is 304 g/mol. The van der Waals surface area contributed by atoms with Gasteiger partial charge in [-0.2, -0.15) is 0 Å². The highest BCUT2D eigenvalue weighted by Crippen LogP contribution is 2.19. The monoisotopic (exact) mass is 303 g/mol. The molecule has 0 aliphatic heterocycles. The minimum absolute atomic E-state index is 0.396. The third-order valence-electron chi connectivity index (χ3n) is 1.11. The highest BCUT2D eigenvalue weighted by atomic mass is 127. The molecule has 0 saturated carbocycles. The number of pyridine rings is 1. The Morgan fingerprint density at radius 2 is 2.27 bits per heavy atom. The predicted octanol–water partition coefficient (Wildman–Crippen LogP) is 3.26. The minimum atomic E-state index is 0.396. The summed E-state index contributed by atoms with van der Waals surface area (Å²) < 4.78 is 4.85. The van der Waals surface area contributed by atoms with Crippen molar-refractivity contribution in [2.24, 2.45) is 0 Å². The molecule has 0 aliphatic carbocycles. The molecule has 0 N–H and O–H groups in total. The second-order valence-corrected chi connectivity index (χ2v) is 3.27. The lowest BCUT2D eigenvalue weighted by Gasteiger charge is -1.99. The lowest BCUT2D eigenvalue weighted by Crippen LogP contribution is -1.87. The summed E-state index contributed by atoms with van der Waals surface area (Å²) in [6.45, 7) is 0.448. The summed E-state index contributed by atoms with van der Waals surface area (Å²) in [5, 5.41) is 0.980. The van der Waals surface area contributed by atoms with Gasteiger partial charge in [-0.05, 0) is 6.07 Å². The summed E-state index contributed by atoms with van der Waals surface area (Å²) in [7, 11) is 0. The van der Waals surface area contributed by atoms with Gasteiger partial charge in [0.25, 0.3) is 0 Å². The van der Waals surface area contributed by atoms with Crippen molar-refractivity contribution in [2.75, 3.05) is 0 Å². The standard InChI is InChI=1S/C6H4Cl2INO/c7-5-1-6(8)10-2-4(5)3-11-9/h1-2H,3H2. The number of aromatic nitrogens is 1. The van der Waals surface area contributed by atoms with E-state index in [1.165, 1.54) is 0 Å². The van der Waals surface area contributed by atoms with Crippen LogP contribution in [0.2, 0.25) is 10.2 Å². The lowest BCUT2D eigenvalue weighted by atomic mass is 10.3. The SMILES string of the molecule is Clc1cc(Cl)c(COI)cn1. The van der Waals surface area contributed by atoms with Crippen molar-refractivity contribution in [1.29, 1.82) is 0 Å². The fourth-order valence-electron chi connectivity index (χ4n) is 0.601. The highest BCUT2D eigenvalue weighted by molar-refractivity contribution is 14.1. The fourth-order valence-corrected chi connectivity index (χ4v) is 1.36. The third kappa shape index (κ3) is 2.74. The summed E-state index contributed by atoms with van der Waals surface area (Å²) in [5.41, 5.74) is 0.838. The Morgan fingerprint density at radius 1 is 1.55 bits per heavy atom. The first-order chi connectivity index (χ1) is 5.24. The topological polar surface area (TPSA) is 22.1 Å². The van der Waals surface area contributed by atoms with Gasteiger partial charge >= 0.3 is 0 Å². The zero-order valence-corrected chi connectivity index (χ0v) is 9.02. The zero-order valence-electron chi connectivity index (χ0n) is 5.35. The van der Waals surface area contributed by atoms with Crippen LogP contribution >= 0.6 is 46.2 Å². The smallest absolute Gasteiger partial charge is 0.130 e. The summed E-state index contributed by atoms with van der Waals surface area (Å²) in [6, 6.07) is 1.59. The molecule has 0 radical (unpaired) electrons. The van der Waals surface area contributed by atoms with E-state index in [1.54, 1.807) is 35.3 Å². The number of nitrogens with zero attached hydrogens (tertiary/aromatic N) is 1. The Hall–Kier alpha value is 0.420. The molecule has 0 spiro atoms. The molecule has 1 heterocycles. The Bertz CT molecular complexity index is 256. The molecule has 1 aromatic rings. The van der Waals surface area contributed by atoms with Crippen LogP contribution in [-0.4, -0.2) is 4.98 Å². The van der Waals surface area contributed by atoms with E-state index in [2.05, 4.69) is 4.98 Å². The van der Waals surface area contributed by atoms with Gasteiger partial charge in [0, 0.05) is 11.8 Å². The molecule has 2 nitrogen and oxygen atoms in total. The van der Waals surface area contributed by atoms with Gasteiger partial charge in [-0.15, -0.1) is 0 Å². The van der Waals surface area contributed by atoms with Crippen molar-refractivity contribution in [2.45, 2.75) is 6.61 Å². The molecule has 11 heavy (non-hydrogen) atoms. The first-order valence-corrected chi connectivity index (χ1v) is 4.41. The van der Waals surface area contributed by atoms with Crippen molar-refractivity contribution in [3.05, 3.63) is 28.0 Å². The van der Waals surface area contributed by atoms with Gasteiger partial charge in [-0.3, -0.25) is 0 Å². The van der Waals surface area contributed by atoms with Crippen LogP contribution in [0.3, 0.4) is 0 Å². The molecule has 60 valence electrons. The summed E-state index contributed by atoms with van der Waals surface area (Å²) in [4.78, 5) is 3.86. The van der Waals surface area contributed by atoms with Gasteiger partial charge in [0.05, 0.1) is 11.6 Å². The van der Waals surface area contributed by atoms with E-state index in [1.807, 2.05) is 0 Å². The Morgan fingerprint density at radius 3 is 2.82 bits per heavy atom. The molecule has 0 atom stereocenters. The van der Waals surface area contributed by atoms with Gasteiger partial charge in [0.1, 0.15) is 28.2 Å². The number of hydrogen-bond donors (Lipinski definition) is 0. The summed E-state index contributed by atoms with van der Waals surface area (Å²) in [5.74, 6) is 0. The maximum atomic E-state index is 5.80. The normalized spacial score (nSPS) is 10.1. The van der Waals surface area contributed by atoms with Crippen LogP contribution in [0.5, 0.6) is 0 Å². The lowest BCUT2D eigenvalue weighted by molar-refractivity contribution is 0.417. The number of rotatable bonds is 2. The van der Waals surface area contributed by atoms with Crippen molar-refractivity contribution in [1.82, 2.24) is 4.98 Å². The molecule has 0 aliphatic rings. The van der Waals surface area contributed by atoms with Gasteiger partial charge in [0.2, 0.25) is 0 Å². The Balaban J connectivity index is 2.90. The van der Waals surface area contributed by atoms with E-state index < -0.39 is 0 Å². The molecule has 0 amide bonds. The molecule has 1 rings (SSSR count). The van der Waals surface area contributed by atoms with Crippen LogP contribution in [0.25, 0.3) is 0 Å². The maximum absolute atomic E-state index is 5.80. The number of halogens is 3. The van der Waals surface area contributed by atoms with Gasteiger partial charge in [0.15, 0.2) is 0 Å². The molecule has 0 unspecified atom stereocenters. The fraction of sp³-hybridized carbons (Fsp3) is 0.167. The van der Waals surface area contributed by atoms with Gasteiger partial charge in [-0.25, -0.2) is 4.98 Å². The van der Waals surface area contributed by atoms with Crippen molar-refractivity contribution in [3.63, 3.8) is 0 Å². The van der Waals surface area contributed by atoms with Gasteiger partial charge in [-0.1, -0.05) is 23.2 Å². The van der Waals surface area contributed by atoms with Crippen LogP contribution in [0.1, 0.15) is 5.56 Å². The van der Waals surface area contributed by atoms with Gasteiger partial charge < -0.3 is 3.07 Å². The summed E-state index contributed by atoms with van der Waals surface area (Å²) in [6.07, 6.45) is 1.60. The quantitative estimate of drug-likeness (QED) is 0.618. The number of hydrogen-bond acceptors (Lipinski definition) is 2. The average Bonchev–Trinajstić information content (AvgIpc) is 1.95. The highest BCUT2D eigenvalue weighted by Gasteiger charge is 2.00.